The Balaban J connectivity index is 1.69. The van der Waals surface area contributed by atoms with Gasteiger partial charge in [0.15, 0.2) is 12.4 Å². The lowest BCUT2D eigenvalue weighted by Crippen LogP contribution is -2.13. The van der Waals surface area contributed by atoms with Gasteiger partial charge >= 0.3 is 5.97 Å². The second-order valence-corrected chi connectivity index (χ2v) is 6.44. The Bertz CT molecular complexity index is 824. The quantitative estimate of drug-likeness (QED) is 0.536. The summed E-state index contributed by atoms with van der Waals surface area (Å²) in [6.07, 6.45) is 0. The monoisotopic (exact) mass is 314 g/mol. The molecule has 4 nitrogen and oxygen atoms in total. The summed E-state index contributed by atoms with van der Waals surface area (Å²) in [4.78, 5) is 26.0. The number of hydrogen-bond donors (Lipinski definition) is 0. The van der Waals surface area contributed by atoms with E-state index < -0.39 is 5.97 Å². The second kappa shape index (κ2) is 5.77. The molecule has 0 fully saturated rings. The number of furan rings is 1. The Morgan fingerprint density at radius 2 is 1.95 bits per heavy atom. The number of aryl methyl sites for hydroxylation is 2. The Morgan fingerprint density at radius 1 is 1.18 bits per heavy atom. The number of Topliss-reactive ketones (excluding diaryl/α,β-unsaturated/α-hetero) is 1. The topological polar surface area (TPSA) is 56.5 Å². The van der Waals surface area contributed by atoms with Crippen LogP contribution < -0.4 is 0 Å². The van der Waals surface area contributed by atoms with Crippen LogP contribution in [0.4, 0.5) is 0 Å². The van der Waals surface area contributed by atoms with E-state index in [4.69, 9.17) is 9.15 Å². The highest BCUT2D eigenvalue weighted by Gasteiger charge is 2.17. The number of ether oxygens (including phenoxy) is 1. The summed E-state index contributed by atoms with van der Waals surface area (Å²) in [6.45, 7) is 3.45. The van der Waals surface area contributed by atoms with Gasteiger partial charge in [-0.3, -0.25) is 4.79 Å². The minimum absolute atomic E-state index is 0.201. The van der Waals surface area contributed by atoms with Crippen molar-refractivity contribution < 1.29 is 18.7 Å². The lowest BCUT2D eigenvalue weighted by Gasteiger charge is -2.02. The van der Waals surface area contributed by atoms with Crippen molar-refractivity contribution in [3.63, 3.8) is 0 Å². The summed E-state index contributed by atoms with van der Waals surface area (Å²) in [7, 11) is 0. The summed E-state index contributed by atoms with van der Waals surface area (Å²) >= 11 is 1.53. The van der Waals surface area contributed by atoms with E-state index in [2.05, 4.69) is 0 Å². The third-order valence-corrected chi connectivity index (χ3v) is 4.26. The number of esters is 1. The molecular weight excluding hydrogens is 300 g/mol. The molecule has 2 aromatic heterocycles. The molecule has 0 saturated carbocycles. The van der Waals surface area contributed by atoms with Crippen LogP contribution >= 0.6 is 11.3 Å². The fourth-order valence-electron chi connectivity index (χ4n) is 2.23. The molecule has 0 spiro atoms. The number of carbonyl (C=O) groups excluding carboxylic acids is 2. The van der Waals surface area contributed by atoms with Gasteiger partial charge in [-0.25, -0.2) is 4.79 Å². The van der Waals surface area contributed by atoms with Gasteiger partial charge in [0.2, 0.25) is 5.78 Å². The molecule has 0 N–H and O–H groups in total. The number of ketones is 1. The molecule has 3 rings (SSSR count). The van der Waals surface area contributed by atoms with Gasteiger partial charge in [0, 0.05) is 15.1 Å². The smallest absolute Gasteiger partial charge is 0.339 e. The number of fused-ring (bicyclic) bond motifs is 1. The Hall–Kier alpha value is -2.40. The molecule has 2 heterocycles. The van der Waals surface area contributed by atoms with Crippen molar-refractivity contribution in [3.8, 4) is 0 Å². The number of carbonyl (C=O) groups is 2. The van der Waals surface area contributed by atoms with Crippen molar-refractivity contribution >= 4 is 34.1 Å². The van der Waals surface area contributed by atoms with Gasteiger partial charge in [0.05, 0.1) is 5.56 Å². The Morgan fingerprint density at radius 3 is 2.64 bits per heavy atom. The highest BCUT2D eigenvalue weighted by atomic mass is 32.1. The standard InChI is InChI=1S/C17H14O4S/c1-10-7-13(11(2)22-10)17(19)20-9-14(18)16-8-12-5-3-4-6-15(12)21-16/h3-8H,9H2,1-2H3. The summed E-state index contributed by atoms with van der Waals surface area (Å²) in [5.41, 5.74) is 1.15. The molecule has 1 aromatic carbocycles. The average Bonchev–Trinajstić information content (AvgIpc) is 3.07. The molecule has 0 bridgehead atoms. The fraction of sp³-hybridized carbons (Fsp3) is 0.176. The SMILES string of the molecule is Cc1cc(C(=O)OCC(=O)c2cc3ccccc3o2)c(C)s1. The molecule has 0 radical (unpaired) electrons. The molecule has 0 aliphatic carbocycles. The molecule has 5 heteroatoms. The molecule has 0 amide bonds. The molecule has 112 valence electrons. The van der Waals surface area contributed by atoms with Crippen LogP contribution in [0.3, 0.4) is 0 Å². The maximum absolute atomic E-state index is 12.1. The number of para-hydroxylation sites is 1. The maximum atomic E-state index is 12.1. The predicted molar refractivity (Wildman–Crippen MR) is 84.6 cm³/mol. The van der Waals surface area contributed by atoms with Crippen LogP contribution in [-0.2, 0) is 4.74 Å². The van der Waals surface area contributed by atoms with Gasteiger partial charge in [-0.1, -0.05) is 18.2 Å². The van der Waals surface area contributed by atoms with E-state index in [9.17, 15) is 9.59 Å². The zero-order valence-electron chi connectivity index (χ0n) is 12.2. The molecule has 0 unspecified atom stereocenters. The number of thiophene rings is 1. The Kier molecular flexibility index (Phi) is 3.81. The van der Waals surface area contributed by atoms with Crippen molar-refractivity contribution in [3.05, 3.63) is 57.5 Å². The average molecular weight is 314 g/mol. The number of rotatable bonds is 4. The second-order valence-electron chi connectivity index (χ2n) is 4.97. The van der Waals surface area contributed by atoms with E-state index >= 15 is 0 Å². The first-order valence-corrected chi connectivity index (χ1v) is 7.62. The third kappa shape index (κ3) is 2.80. The molecule has 0 saturated heterocycles. The van der Waals surface area contributed by atoms with Crippen LogP contribution in [0.25, 0.3) is 11.0 Å². The van der Waals surface area contributed by atoms with Crippen LogP contribution in [0.1, 0.15) is 30.7 Å². The first kappa shape index (κ1) is 14.5. The Labute approximate surface area is 131 Å². The molecular formula is C17H14O4S. The molecule has 22 heavy (non-hydrogen) atoms. The zero-order valence-corrected chi connectivity index (χ0v) is 13.0. The molecule has 3 aromatic rings. The predicted octanol–water partition coefficient (Wildman–Crippen LogP) is 4.15. The van der Waals surface area contributed by atoms with Gasteiger partial charge in [0.1, 0.15) is 5.58 Å². The van der Waals surface area contributed by atoms with Gasteiger partial charge in [-0.2, -0.15) is 0 Å². The minimum Gasteiger partial charge on any atom is -0.454 e. The van der Waals surface area contributed by atoms with Crippen LogP contribution in [0, 0.1) is 13.8 Å². The lowest BCUT2D eigenvalue weighted by molar-refractivity contribution is 0.0468. The minimum atomic E-state index is -0.480. The van der Waals surface area contributed by atoms with Crippen molar-refractivity contribution in [1.29, 1.82) is 0 Å². The van der Waals surface area contributed by atoms with Crippen molar-refractivity contribution in [2.75, 3.05) is 6.61 Å². The van der Waals surface area contributed by atoms with E-state index in [1.807, 2.05) is 32.0 Å². The van der Waals surface area contributed by atoms with Crippen molar-refractivity contribution in [1.82, 2.24) is 0 Å². The van der Waals surface area contributed by atoms with Gasteiger partial charge < -0.3 is 9.15 Å². The maximum Gasteiger partial charge on any atom is 0.339 e. The van der Waals surface area contributed by atoms with Gasteiger partial charge in [-0.05, 0) is 32.0 Å². The van der Waals surface area contributed by atoms with Crippen molar-refractivity contribution in [2.24, 2.45) is 0 Å². The first-order chi connectivity index (χ1) is 10.5. The van der Waals surface area contributed by atoms with Crippen LogP contribution in [0.5, 0.6) is 0 Å². The first-order valence-electron chi connectivity index (χ1n) is 6.80. The van der Waals surface area contributed by atoms with Crippen molar-refractivity contribution in [2.45, 2.75) is 13.8 Å². The summed E-state index contributed by atoms with van der Waals surface area (Å²) in [5, 5.41) is 0.849. The highest BCUT2D eigenvalue weighted by molar-refractivity contribution is 7.12. The number of benzene rings is 1. The molecule has 0 aliphatic heterocycles. The van der Waals surface area contributed by atoms with Crippen LogP contribution in [0.15, 0.2) is 40.8 Å². The largest absolute Gasteiger partial charge is 0.454 e. The molecule has 0 aliphatic rings. The van der Waals surface area contributed by atoms with E-state index in [1.54, 1.807) is 18.2 Å². The van der Waals surface area contributed by atoms with E-state index in [0.29, 0.717) is 11.1 Å². The summed E-state index contributed by atoms with van der Waals surface area (Å²) in [6, 6.07) is 10.8. The lowest BCUT2D eigenvalue weighted by atomic mass is 10.2. The third-order valence-electron chi connectivity index (χ3n) is 3.30. The highest BCUT2D eigenvalue weighted by Crippen LogP contribution is 2.22. The number of hydrogen-bond acceptors (Lipinski definition) is 5. The van der Waals surface area contributed by atoms with E-state index in [-0.39, 0.29) is 18.2 Å². The van der Waals surface area contributed by atoms with Gasteiger partial charge in [-0.15, -0.1) is 11.3 Å². The fourth-order valence-corrected chi connectivity index (χ4v) is 3.14. The summed E-state index contributed by atoms with van der Waals surface area (Å²) in [5.74, 6) is -0.632. The summed E-state index contributed by atoms with van der Waals surface area (Å²) < 4.78 is 10.5. The van der Waals surface area contributed by atoms with Crippen LogP contribution in [-0.4, -0.2) is 18.4 Å². The molecule has 0 atom stereocenters. The van der Waals surface area contributed by atoms with E-state index in [1.165, 1.54) is 11.3 Å². The zero-order chi connectivity index (χ0) is 15.7. The van der Waals surface area contributed by atoms with Gasteiger partial charge in [0.25, 0.3) is 0 Å². The van der Waals surface area contributed by atoms with Crippen LogP contribution in [0.2, 0.25) is 0 Å². The van der Waals surface area contributed by atoms with E-state index in [0.717, 1.165) is 15.1 Å². The normalized spacial score (nSPS) is 10.8.